The first kappa shape index (κ1) is 5.69. The number of H-pyrrole nitrogens is 1. The van der Waals surface area contributed by atoms with Crippen molar-refractivity contribution in [1.29, 1.82) is 0 Å². The number of aromatic nitrogens is 2. The van der Waals surface area contributed by atoms with Gasteiger partial charge in [0.2, 0.25) is 0 Å². The molecule has 1 rings (SSSR count). The number of hydrogen-bond acceptors (Lipinski definition) is 2. The molecule has 1 heterocycles. The molecule has 0 bridgehead atoms. The second kappa shape index (κ2) is 2.77. The Morgan fingerprint density at radius 3 is 3.25 bits per heavy atom. The molecule has 44 valence electrons. The molecular weight excluding hydrogens is 120 g/mol. The molecule has 0 fully saturated rings. The number of aromatic amines is 1. The van der Waals surface area contributed by atoms with Gasteiger partial charge in [-0.15, -0.1) is 0 Å². The molecular formula is C5H8N2S. The number of thioether (sulfide) groups is 1. The lowest BCUT2D eigenvalue weighted by atomic mass is 10.4. The molecule has 0 saturated carbocycles. The summed E-state index contributed by atoms with van der Waals surface area (Å²) in [5.41, 5.74) is 1.26. The van der Waals surface area contributed by atoms with E-state index in [1.54, 1.807) is 11.8 Å². The summed E-state index contributed by atoms with van der Waals surface area (Å²) < 4.78 is 0. The molecule has 0 aliphatic carbocycles. The van der Waals surface area contributed by atoms with Gasteiger partial charge in [-0.2, -0.15) is 16.9 Å². The maximum Gasteiger partial charge on any atom is 0.0527 e. The van der Waals surface area contributed by atoms with Crippen LogP contribution in [0, 0.1) is 0 Å². The van der Waals surface area contributed by atoms with E-state index >= 15 is 0 Å². The lowest BCUT2D eigenvalue weighted by Gasteiger charge is -1.84. The largest absolute Gasteiger partial charge is 0.285 e. The third kappa shape index (κ3) is 1.26. The SMILES string of the molecule is CSCc1cn[nH]c1. The number of nitrogens with one attached hydrogen (secondary N) is 1. The van der Waals surface area contributed by atoms with Gasteiger partial charge in [0.15, 0.2) is 0 Å². The molecule has 0 aromatic carbocycles. The van der Waals surface area contributed by atoms with E-state index in [0.29, 0.717) is 0 Å². The summed E-state index contributed by atoms with van der Waals surface area (Å²) in [5, 5.41) is 6.55. The van der Waals surface area contributed by atoms with Crippen LogP contribution in [0.5, 0.6) is 0 Å². The average Bonchev–Trinajstić information content (AvgIpc) is 2.19. The summed E-state index contributed by atoms with van der Waals surface area (Å²) in [6, 6.07) is 0. The minimum absolute atomic E-state index is 1.05. The fourth-order valence-corrected chi connectivity index (χ4v) is 1.01. The Morgan fingerprint density at radius 2 is 2.75 bits per heavy atom. The van der Waals surface area contributed by atoms with Gasteiger partial charge in [0.1, 0.15) is 0 Å². The van der Waals surface area contributed by atoms with Crippen molar-refractivity contribution < 1.29 is 0 Å². The third-order valence-corrected chi connectivity index (χ3v) is 1.49. The molecule has 0 unspecified atom stereocenters. The molecule has 1 aromatic heterocycles. The van der Waals surface area contributed by atoms with Crippen molar-refractivity contribution in [3.8, 4) is 0 Å². The van der Waals surface area contributed by atoms with Crippen LogP contribution < -0.4 is 0 Å². The van der Waals surface area contributed by atoms with Gasteiger partial charge in [0.05, 0.1) is 6.20 Å². The quantitative estimate of drug-likeness (QED) is 0.649. The Bertz CT molecular complexity index is 136. The molecule has 8 heavy (non-hydrogen) atoms. The molecule has 1 N–H and O–H groups in total. The standard InChI is InChI=1S/C5H8N2S/c1-8-4-5-2-6-7-3-5/h2-3H,4H2,1H3,(H,6,7). The summed E-state index contributed by atoms with van der Waals surface area (Å²) in [7, 11) is 0. The predicted molar refractivity (Wildman–Crippen MR) is 35.8 cm³/mol. The van der Waals surface area contributed by atoms with Gasteiger partial charge >= 0.3 is 0 Å². The topological polar surface area (TPSA) is 28.7 Å². The average molecular weight is 128 g/mol. The van der Waals surface area contributed by atoms with Gasteiger partial charge in [-0.25, -0.2) is 0 Å². The maximum absolute atomic E-state index is 3.80. The van der Waals surface area contributed by atoms with Crippen LogP contribution in [0.3, 0.4) is 0 Å². The van der Waals surface area contributed by atoms with Crippen molar-refractivity contribution in [2.24, 2.45) is 0 Å². The monoisotopic (exact) mass is 128 g/mol. The van der Waals surface area contributed by atoms with E-state index in [9.17, 15) is 0 Å². The van der Waals surface area contributed by atoms with Crippen LogP contribution in [0.1, 0.15) is 5.56 Å². The molecule has 0 aliphatic rings. The van der Waals surface area contributed by atoms with E-state index < -0.39 is 0 Å². The number of rotatable bonds is 2. The molecule has 3 heteroatoms. The molecule has 2 nitrogen and oxygen atoms in total. The van der Waals surface area contributed by atoms with Crippen LogP contribution in [-0.4, -0.2) is 16.5 Å². The summed E-state index contributed by atoms with van der Waals surface area (Å²) in [5.74, 6) is 1.05. The summed E-state index contributed by atoms with van der Waals surface area (Å²) in [6.07, 6.45) is 5.83. The van der Waals surface area contributed by atoms with Gasteiger partial charge in [0.25, 0.3) is 0 Å². The minimum Gasteiger partial charge on any atom is -0.285 e. The van der Waals surface area contributed by atoms with Crippen molar-refractivity contribution in [3.05, 3.63) is 18.0 Å². The van der Waals surface area contributed by atoms with Crippen molar-refractivity contribution >= 4 is 11.8 Å². The maximum atomic E-state index is 3.80. The van der Waals surface area contributed by atoms with Crippen LogP contribution >= 0.6 is 11.8 Å². The van der Waals surface area contributed by atoms with Crippen LogP contribution in [0.4, 0.5) is 0 Å². The number of nitrogens with zero attached hydrogens (tertiary/aromatic N) is 1. The first-order valence-corrected chi connectivity index (χ1v) is 3.79. The normalized spacial score (nSPS) is 9.62. The fourth-order valence-electron chi connectivity index (χ4n) is 0.523. The van der Waals surface area contributed by atoms with Gasteiger partial charge in [0, 0.05) is 11.9 Å². The second-order valence-corrected chi connectivity index (χ2v) is 2.41. The molecule has 0 amide bonds. The van der Waals surface area contributed by atoms with Crippen molar-refractivity contribution in [2.75, 3.05) is 6.26 Å². The molecule has 0 saturated heterocycles. The van der Waals surface area contributed by atoms with E-state index in [1.807, 2.05) is 12.4 Å². The Balaban J connectivity index is 2.50. The Labute approximate surface area is 52.7 Å². The highest BCUT2D eigenvalue weighted by atomic mass is 32.2. The lowest BCUT2D eigenvalue weighted by Crippen LogP contribution is -1.69. The predicted octanol–water partition coefficient (Wildman–Crippen LogP) is 1.27. The first-order chi connectivity index (χ1) is 3.93. The van der Waals surface area contributed by atoms with Crippen LogP contribution in [0.25, 0.3) is 0 Å². The van der Waals surface area contributed by atoms with Gasteiger partial charge in [-0.1, -0.05) is 0 Å². The van der Waals surface area contributed by atoms with Gasteiger partial charge < -0.3 is 0 Å². The molecule has 1 aromatic rings. The zero-order valence-electron chi connectivity index (χ0n) is 4.72. The lowest BCUT2D eigenvalue weighted by molar-refractivity contribution is 1.09. The summed E-state index contributed by atoms with van der Waals surface area (Å²) >= 11 is 1.80. The van der Waals surface area contributed by atoms with Gasteiger partial charge in [-0.05, 0) is 11.8 Å². The van der Waals surface area contributed by atoms with E-state index in [2.05, 4.69) is 16.5 Å². The van der Waals surface area contributed by atoms with E-state index in [1.165, 1.54) is 5.56 Å². The number of hydrogen-bond donors (Lipinski definition) is 1. The smallest absolute Gasteiger partial charge is 0.0527 e. The Morgan fingerprint density at radius 1 is 1.88 bits per heavy atom. The van der Waals surface area contributed by atoms with E-state index in [4.69, 9.17) is 0 Å². The molecule has 0 aliphatic heterocycles. The molecule has 0 atom stereocenters. The Hall–Kier alpha value is -0.440. The Kier molecular flexibility index (Phi) is 1.97. The van der Waals surface area contributed by atoms with Crippen LogP contribution in [0.2, 0.25) is 0 Å². The van der Waals surface area contributed by atoms with Gasteiger partial charge in [-0.3, -0.25) is 5.10 Å². The van der Waals surface area contributed by atoms with Crippen molar-refractivity contribution in [2.45, 2.75) is 5.75 Å². The second-order valence-electron chi connectivity index (χ2n) is 1.54. The van der Waals surface area contributed by atoms with E-state index in [0.717, 1.165) is 5.75 Å². The third-order valence-electron chi connectivity index (χ3n) is 0.866. The summed E-state index contributed by atoms with van der Waals surface area (Å²) in [6.45, 7) is 0. The van der Waals surface area contributed by atoms with E-state index in [-0.39, 0.29) is 0 Å². The first-order valence-electron chi connectivity index (χ1n) is 2.40. The minimum atomic E-state index is 1.05. The van der Waals surface area contributed by atoms with Crippen molar-refractivity contribution in [1.82, 2.24) is 10.2 Å². The highest BCUT2D eigenvalue weighted by Gasteiger charge is 1.87. The highest BCUT2D eigenvalue weighted by molar-refractivity contribution is 7.97. The zero-order valence-corrected chi connectivity index (χ0v) is 5.53. The van der Waals surface area contributed by atoms with Crippen LogP contribution in [-0.2, 0) is 5.75 Å². The van der Waals surface area contributed by atoms with Crippen molar-refractivity contribution in [3.63, 3.8) is 0 Å². The molecule has 0 spiro atoms. The van der Waals surface area contributed by atoms with Crippen LogP contribution in [0.15, 0.2) is 12.4 Å². The highest BCUT2D eigenvalue weighted by Crippen LogP contribution is 2.04. The zero-order chi connectivity index (χ0) is 5.82. The summed E-state index contributed by atoms with van der Waals surface area (Å²) in [4.78, 5) is 0. The fraction of sp³-hybridized carbons (Fsp3) is 0.400. The molecule has 0 radical (unpaired) electrons.